The molecule has 0 fully saturated rings. The molecule has 0 saturated carbocycles. The zero-order valence-electron chi connectivity index (χ0n) is 14.5. The number of nitrogens with one attached hydrogen (secondary N) is 2. The fraction of sp³-hybridized carbons (Fsp3) is 0.222. The van der Waals surface area contributed by atoms with Crippen LogP contribution >= 0.6 is 0 Å². The number of carbonyl (C=O) groups excluding carboxylic acids is 2. The summed E-state index contributed by atoms with van der Waals surface area (Å²) in [5, 5.41) is 14.1. The lowest BCUT2D eigenvalue weighted by molar-refractivity contribution is 0.100. The average molecular weight is 337 g/mol. The van der Waals surface area contributed by atoms with Crippen molar-refractivity contribution < 1.29 is 9.59 Å². The quantitative estimate of drug-likeness (QED) is 0.716. The molecule has 2 N–H and O–H groups in total. The average Bonchev–Trinajstić information content (AvgIpc) is 3.13. The maximum Gasteiger partial charge on any atom is 0.273 e. The van der Waals surface area contributed by atoms with Crippen molar-refractivity contribution >= 4 is 17.4 Å². The second-order valence-corrected chi connectivity index (χ2v) is 5.93. The summed E-state index contributed by atoms with van der Waals surface area (Å²) in [5.74, 6) is -0.374. The Bertz CT molecular complexity index is 968. The van der Waals surface area contributed by atoms with Crippen molar-refractivity contribution in [2.45, 2.75) is 20.8 Å². The number of H-pyrrole nitrogens is 1. The SMILES string of the molecule is CC(=O)c1cccc(NC(=O)c2cc(-c3c(C)nn(C)c3C)n[nH]2)c1. The van der Waals surface area contributed by atoms with E-state index in [0.717, 1.165) is 17.0 Å². The van der Waals surface area contributed by atoms with E-state index in [1.807, 2.05) is 20.9 Å². The first-order valence-electron chi connectivity index (χ1n) is 7.85. The molecule has 25 heavy (non-hydrogen) atoms. The molecule has 1 aromatic carbocycles. The molecule has 1 amide bonds. The van der Waals surface area contributed by atoms with E-state index >= 15 is 0 Å². The monoisotopic (exact) mass is 337 g/mol. The number of hydrogen-bond acceptors (Lipinski definition) is 4. The van der Waals surface area contributed by atoms with Crippen LogP contribution in [0.25, 0.3) is 11.3 Å². The number of aromatic nitrogens is 4. The van der Waals surface area contributed by atoms with Crippen LogP contribution in [0.1, 0.15) is 39.2 Å². The topological polar surface area (TPSA) is 92.7 Å². The lowest BCUT2D eigenvalue weighted by Gasteiger charge is -2.04. The van der Waals surface area contributed by atoms with Gasteiger partial charge in [-0.25, -0.2) is 0 Å². The molecule has 2 heterocycles. The van der Waals surface area contributed by atoms with Gasteiger partial charge in [0.15, 0.2) is 5.78 Å². The Morgan fingerprint density at radius 2 is 1.96 bits per heavy atom. The summed E-state index contributed by atoms with van der Waals surface area (Å²) in [6.45, 7) is 5.35. The van der Waals surface area contributed by atoms with Crippen LogP contribution in [0, 0.1) is 13.8 Å². The zero-order valence-corrected chi connectivity index (χ0v) is 14.5. The number of hydrogen-bond donors (Lipinski definition) is 2. The number of aryl methyl sites for hydroxylation is 2. The molecular formula is C18H19N5O2. The lowest BCUT2D eigenvalue weighted by atomic mass is 10.1. The maximum absolute atomic E-state index is 12.4. The fourth-order valence-corrected chi connectivity index (χ4v) is 2.72. The molecule has 7 nitrogen and oxygen atoms in total. The number of ketones is 1. The Balaban J connectivity index is 1.84. The predicted octanol–water partition coefficient (Wildman–Crippen LogP) is 2.88. The third kappa shape index (κ3) is 3.21. The van der Waals surface area contributed by atoms with Gasteiger partial charge in [-0.1, -0.05) is 12.1 Å². The van der Waals surface area contributed by atoms with Crippen LogP contribution in [0.15, 0.2) is 30.3 Å². The van der Waals surface area contributed by atoms with Gasteiger partial charge < -0.3 is 5.32 Å². The summed E-state index contributed by atoms with van der Waals surface area (Å²) in [7, 11) is 1.87. The number of rotatable bonds is 4. The van der Waals surface area contributed by atoms with E-state index in [-0.39, 0.29) is 11.7 Å². The third-order valence-electron chi connectivity index (χ3n) is 4.11. The first kappa shape index (κ1) is 16.6. The number of anilines is 1. The van der Waals surface area contributed by atoms with Gasteiger partial charge in [-0.2, -0.15) is 10.2 Å². The van der Waals surface area contributed by atoms with Gasteiger partial charge in [0.05, 0.1) is 11.4 Å². The van der Waals surface area contributed by atoms with Gasteiger partial charge >= 0.3 is 0 Å². The van der Waals surface area contributed by atoms with Crippen molar-refractivity contribution in [3.8, 4) is 11.3 Å². The summed E-state index contributed by atoms with van der Waals surface area (Å²) in [6, 6.07) is 8.51. The fourth-order valence-electron chi connectivity index (χ4n) is 2.72. The van der Waals surface area contributed by atoms with Crippen LogP contribution in [0.4, 0.5) is 5.69 Å². The molecule has 0 radical (unpaired) electrons. The predicted molar refractivity (Wildman–Crippen MR) is 94.7 cm³/mol. The van der Waals surface area contributed by atoms with Crippen molar-refractivity contribution in [3.05, 3.63) is 53.0 Å². The van der Waals surface area contributed by atoms with Gasteiger partial charge in [0, 0.05) is 29.6 Å². The van der Waals surface area contributed by atoms with Crippen LogP contribution in [0.5, 0.6) is 0 Å². The van der Waals surface area contributed by atoms with Crippen LogP contribution in [-0.2, 0) is 7.05 Å². The molecule has 0 aliphatic rings. The van der Waals surface area contributed by atoms with Gasteiger partial charge in [-0.3, -0.25) is 19.4 Å². The van der Waals surface area contributed by atoms with Crippen molar-refractivity contribution in [1.82, 2.24) is 20.0 Å². The molecule has 0 saturated heterocycles. The van der Waals surface area contributed by atoms with Crippen molar-refractivity contribution in [2.75, 3.05) is 5.32 Å². The molecule has 2 aromatic heterocycles. The highest BCUT2D eigenvalue weighted by atomic mass is 16.2. The van der Waals surface area contributed by atoms with E-state index in [4.69, 9.17) is 0 Å². The van der Waals surface area contributed by atoms with E-state index in [1.165, 1.54) is 6.92 Å². The molecule has 0 aliphatic heterocycles. The van der Waals surface area contributed by atoms with E-state index < -0.39 is 0 Å². The Kier molecular flexibility index (Phi) is 4.22. The number of amides is 1. The maximum atomic E-state index is 12.4. The Hall–Kier alpha value is -3.22. The van der Waals surface area contributed by atoms with Crippen LogP contribution in [0.2, 0.25) is 0 Å². The van der Waals surface area contributed by atoms with Crippen LogP contribution < -0.4 is 5.32 Å². The van der Waals surface area contributed by atoms with Gasteiger partial charge in [-0.15, -0.1) is 0 Å². The number of Topliss-reactive ketones (excluding diaryl/α,β-unsaturated/α-hetero) is 1. The second kappa shape index (κ2) is 6.35. The highest BCUT2D eigenvalue weighted by molar-refractivity contribution is 6.04. The Labute approximate surface area is 145 Å². The minimum atomic E-state index is -0.321. The summed E-state index contributed by atoms with van der Waals surface area (Å²) in [6.07, 6.45) is 0. The van der Waals surface area contributed by atoms with Gasteiger partial charge in [0.2, 0.25) is 0 Å². The highest BCUT2D eigenvalue weighted by Crippen LogP contribution is 2.25. The normalized spacial score (nSPS) is 10.7. The van der Waals surface area contributed by atoms with Gasteiger partial charge in [0.25, 0.3) is 5.91 Å². The first-order valence-corrected chi connectivity index (χ1v) is 7.85. The second-order valence-electron chi connectivity index (χ2n) is 5.93. The highest BCUT2D eigenvalue weighted by Gasteiger charge is 2.17. The van der Waals surface area contributed by atoms with E-state index in [1.54, 1.807) is 35.0 Å². The molecule has 3 rings (SSSR count). The molecule has 3 aromatic rings. The van der Waals surface area contributed by atoms with Crippen molar-refractivity contribution in [2.24, 2.45) is 7.05 Å². The van der Waals surface area contributed by atoms with E-state index in [0.29, 0.717) is 22.6 Å². The van der Waals surface area contributed by atoms with Crippen molar-refractivity contribution in [1.29, 1.82) is 0 Å². The van der Waals surface area contributed by atoms with Crippen LogP contribution in [0.3, 0.4) is 0 Å². The molecule has 0 unspecified atom stereocenters. The van der Waals surface area contributed by atoms with Crippen molar-refractivity contribution in [3.63, 3.8) is 0 Å². The number of nitrogens with zero attached hydrogens (tertiary/aromatic N) is 3. The van der Waals surface area contributed by atoms with Crippen LogP contribution in [-0.4, -0.2) is 31.7 Å². The molecule has 0 atom stereocenters. The molecular weight excluding hydrogens is 318 g/mol. The van der Waals surface area contributed by atoms with Gasteiger partial charge in [0.1, 0.15) is 5.69 Å². The van der Waals surface area contributed by atoms with E-state index in [2.05, 4.69) is 20.6 Å². The largest absolute Gasteiger partial charge is 0.321 e. The summed E-state index contributed by atoms with van der Waals surface area (Å²) >= 11 is 0. The third-order valence-corrected chi connectivity index (χ3v) is 4.11. The standard InChI is InChI=1S/C18H19N5O2/c1-10-17(11(2)23(4)22-10)15-9-16(21-20-15)18(25)19-14-7-5-6-13(8-14)12(3)24/h5-9H,1-4H3,(H,19,25)(H,20,21). The molecule has 7 heteroatoms. The van der Waals surface area contributed by atoms with Gasteiger partial charge in [-0.05, 0) is 39.0 Å². The lowest BCUT2D eigenvalue weighted by Crippen LogP contribution is -2.12. The summed E-state index contributed by atoms with van der Waals surface area (Å²) in [5.41, 5.74) is 4.86. The Morgan fingerprint density at radius 1 is 1.20 bits per heavy atom. The Morgan fingerprint density at radius 3 is 2.60 bits per heavy atom. The number of aromatic amines is 1. The minimum Gasteiger partial charge on any atom is -0.321 e. The molecule has 0 aliphatic carbocycles. The van der Waals surface area contributed by atoms with E-state index in [9.17, 15) is 9.59 Å². The molecule has 0 spiro atoms. The zero-order chi connectivity index (χ0) is 18.1. The summed E-state index contributed by atoms with van der Waals surface area (Å²) < 4.78 is 1.78. The molecule has 128 valence electrons. The number of benzene rings is 1. The smallest absolute Gasteiger partial charge is 0.273 e. The minimum absolute atomic E-state index is 0.0533. The first-order chi connectivity index (χ1) is 11.9. The number of carbonyl (C=O) groups is 2. The molecule has 0 bridgehead atoms. The summed E-state index contributed by atoms with van der Waals surface area (Å²) in [4.78, 5) is 23.9.